The van der Waals surface area contributed by atoms with Crippen LogP contribution in [0.2, 0.25) is 0 Å². The van der Waals surface area contributed by atoms with Gasteiger partial charge < -0.3 is 4.74 Å². The molecule has 0 saturated heterocycles. The van der Waals surface area contributed by atoms with Crippen LogP contribution in [0.1, 0.15) is 37.7 Å². The summed E-state index contributed by atoms with van der Waals surface area (Å²) in [5.41, 5.74) is 0.921. The number of hydrogen-bond acceptors (Lipinski definition) is 2. The van der Waals surface area contributed by atoms with Gasteiger partial charge in [-0.05, 0) is 50.0 Å². The molecule has 1 aliphatic carbocycles. The molecular weight excluding hydrogens is 222 g/mol. The first-order valence-electron chi connectivity index (χ1n) is 6.78. The lowest BCUT2D eigenvalue weighted by molar-refractivity contribution is -0.00390. The Morgan fingerprint density at radius 3 is 2.50 bits per heavy atom. The van der Waals surface area contributed by atoms with Gasteiger partial charge in [-0.3, -0.25) is 0 Å². The topological polar surface area (TPSA) is 33.0 Å². The summed E-state index contributed by atoms with van der Waals surface area (Å²) in [6.45, 7) is 0. The van der Waals surface area contributed by atoms with E-state index in [0.29, 0.717) is 0 Å². The molecule has 2 nitrogen and oxygen atoms in total. The number of aryl methyl sites for hydroxylation is 1. The monoisotopic (exact) mass is 243 g/mol. The van der Waals surface area contributed by atoms with Crippen molar-refractivity contribution in [3.63, 3.8) is 0 Å². The summed E-state index contributed by atoms with van der Waals surface area (Å²) in [7, 11) is 1.66. The highest BCUT2D eigenvalue weighted by Gasteiger charge is 2.35. The number of benzene rings is 1. The van der Waals surface area contributed by atoms with E-state index in [1.807, 2.05) is 0 Å². The molecule has 1 saturated carbocycles. The van der Waals surface area contributed by atoms with Crippen LogP contribution in [-0.2, 0) is 11.2 Å². The molecule has 0 spiro atoms. The molecule has 0 atom stereocenters. The predicted octanol–water partition coefficient (Wildman–Crippen LogP) is 3.72. The molecule has 0 radical (unpaired) electrons. The van der Waals surface area contributed by atoms with Crippen molar-refractivity contribution in [3.05, 3.63) is 35.9 Å². The number of ether oxygens (including phenoxy) is 1. The standard InChI is InChI=1S/C16H21NO/c1-18-16(13-17)11-9-15(10-12-16)8-7-14-5-3-2-4-6-14/h2-6,15H,7-12H2,1H3. The molecule has 0 bridgehead atoms. The normalized spacial score (nSPS) is 27.7. The molecule has 0 heterocycles. The van der Waals surface area contributed by atoms with Gasteiger partial charge in [0.15, 0.2) is 5.60 Å². The molecule has 1 aromatic rings. The molecule has 0 aliphatic heterocycles. The number of rotatable bonds is 4. The smallest absolute Gasteiger partial charge is 0.153 e. The SMILES string of the molecule is COC1(C#N)CCC(CCc2ccccc2)CC1. The van der Waals surface area contributed by atoms with Gasteiger partial charge in [-0.1, -0.05) is 30.3 Å². The lowest BCUT2D eigenvalue weighted by Crippen LogP contribution is -2.34. The van der Waals surface area contributed by atoms with Crippen LogP contribution >= 0.6 is 0 Å². The maximum Gasteiger partial charge on any atom is 0.153 e. The number of nitriles is 1. The zero-order valence-corrected chi connectivity index (χ0v) is 11.1. The molecule has 2 rings (SSSR count). The summed E-state index contributed by atoms with van der Waals surface area (Å²) in [6.07, 6.45) is 6.40. The molecular formula is C16H21NO. The van der Waals surface area contributed by atoms with E-state index in [0.717, 1.165) is 38.0 Å². The van der Waals surface area contributed by atoms with Gasteiger partial charge in [-0.25, -0.2) is 0 Å². The lowest BCUT2D eigenvalue weighted by atomic mass is 9.77. The zero-order chi connectivity index (χ0) is 12.8. The van der Waals surface area contributed by atoms with Crippen molar-refractivity contribution in [2.75, 3.05) is 7.11 Å². The van der Waals surface area contributed by atoms with Gasteiger partial charge in [0.1, 0.15) is 0 Å². The highest BCUT2D eigenvalue weighted by molar-refractivity contribution is 5.14. The fourth-order valence-electron chi connectivity index (χ4n) is 2.81. The average molecular weight is 243 g/mol. The number of nitrogens with zero attached hydrogens (tertiary/aromatic N) is 1. The zero-order valence-electron chi connectivity index (χ0n) is 11.1. The van der Waals surface area contributed by atoms with Crippen LogP contribution in [0.5, 0.6) is 0 Å². The van der Waals surface area contributed by atoms with Gasteiger partial charge >= 0.3 is 0 Å². The summed E-state index contributed by atoms with van der Waals surface area (Å²) in [5, 5.41) is 9.16. The van der Waals surface area contributed by atoms with Crippen molar-refractivity contribution >= 4 is 0 Å². The van der Waals surface area contributed by atoms with Gasteiger partial charge in [0.2, 0.25) is 0 Å². The Hall–Kier alpha value is -1.33. The van der Waals surface area contributed by atoms with E-state index in [1.165, 1.54) is 12.0 Å². The molecule has 96 valence electrons. The van der Waals surface area contributed by atoms with Crippen LogP contribution < -0.4 is 0 Å². The van der Waals surface area contributed by atoms with Crippen molar-refractivity contribution in [2.45, 2.75) is 44.1 Å². The molecule has 0 unspecified atom stereocenters. The van der Waals surface area contributed by atoms with Gasteiger partial charge in [0.25, 0.3) is 0 Å². The quantitative estimate of drug-likeness (QED) is 0.807. The van der Waals surface area contributed by atoms with Crippen molar-refractivity contribution in [2.24, 2.45) is 5.92 Å². The first-order valence-corrected chi connectivity index (χ1v) is 6.78. The Morgan fingerprint density at radius 2 is 1.94 bits per heavy atom. The summed E-state index contributed by atoms with van der Waals surface area (Å²) in [6, 6.07) is 13.0. The second-order valence-corrected chi connectivity index (χ2v) is 5.28. The minimum absolute atomic E-state index is 0.497. The summed E-state index contributed by atoms with van der Waals surface area (Å²) in [4.78, 5) is 0. The van der Waals surface area contributed by atoms with Gasteiger partial charge in [-0.2, -0.15) is 5.26 Å². The van der Waals surface area contributed by atoms with E-state index in [9.17, 15) is 0 Å². The van der Waals surface area contributed by atoms with Gasteiger partial charge in [-0.15, -0.1) is 0 Å². The van der Waals surface area contributed by atoms with Gasteiger partial charge in [0, 0.05) is 7.11 Å². The second kappa shape index (κ2) is 6.02. The Bertz CT molecular complexity index is 399. The van der Waals surface area contributed by atoms with E-state index >= 15 is 0 Å². The summed E-state index contributed by atoms with van der Waals surface area (Å²) >= 11 is 0. The van der Waals surface area contributed by atoms with Gasteiger partial charge in [0.05, 0.1) is 6.07 Å². The Morgan fingerprint density at radius 1 is 1.28 bits per heavy atom. The van der Waals surface area contributed by atoms with Crippen LogP contribution in [0, 0.1) is 17.2 Å². The van der Waals surface area contributed by atoms with Crippen LogP contribution in [0.3, 0.4) is 0 Å². The molecule has 2 heteroatoms. The van der Waals surface area contributed by atoms with Crippen LogP contribution in [0.4, 0.5) is 0 Å². The second-order valence-electron chi connectivity index (χ2n) is 5.28. The van der Waals surface area contributed by atoms with E-state index in [2.05, 4.69) is 36.4 Å². The maximum atomic E-state index is 9.16. The fraction of sp³-hybridized carbons (Fsp3) is 0.562. The molecule has 1 aliphatic rings. The first-order chi connectivity index (χ1) is 8.78. The van der Waals surface area contributed by atoms with Crippen LogP contribution in [0.25, 0.3) is 0 Å². The van der Waals surface area contributed by atoms with E-state index in [4.69, 9.17) is 10.00 Å². The largest absolute Gasteiger partial charge is 0.363 e. The lowest BCUT2D eigenvalue weighted by Gasteiger charge is -2.33. The minimum Gasteiger partial charge on any atom is -0.363 e. The molecule has 1 fully saturated rings. The fourth-order valence-corrected chi connectivity index (χ4v) is 2.81. The number of methoxy groups -OCH3 is 1. The predicted molar refractivity (Wildman–Crippen MR) is 72.1 cm³/mol. The third-order valence-corrected chi connectivity index (χ3v) is 4.19. The van der Waals surface area contributed by atoms with Crippen molar-refractivity contribution in [3.8, 4) is 6.07 Å². The van der Waals surface area contributed by atoms with Crippen molar-refractivity contribution in [1.82, 2.24) is 0 Å². The Kier molecular flexibility index (Phi) is 4.38. The van der Waals surface area contributed by atoms with Crippen LogP contribution in [-0.4, -0.2) is 12.7 Å². The highest BCUT2D eigenvalue weighted by atomic mass is 16.5. The average Bonchev–Trinajstić information content (AvgIpc) is 2.47. The Balaban J connectivity index is 1.79. The molecule has 0 amide bonds. The van der Waals surface area contributed by atoms with Crippen LogP contribution in [0.15, 0.2) is 30.3 Å². The minimum atomic E-state index is -0.497. The van der Waals surface area contributed by atoms with E-state index in [-0.39, 0.29) is 0 Å². The maximum absolute atomic E-state index is 9.16. The summed E-state index contributed by atoms with van der Waals surface area (Å²) < 4.78 is 5.38. The molecule has 0 aromatic heterocycles. The molecule has 0 N–H and O–H groups in total. The molecule has 1 aromatic carbocycles. The third kappa shape index (κ3) is 3.11. The van der Waals surface area contributed by atoms with Crippen molar-refractivity contribution in [1.29, 1.82) is 5.26 Å². The van der Waals surface area contributed by atoms with E-state index in [1.54, 1.807) is 7.11 Å². The highest BCUT2D eigenvalue weighted by Crippen LogP contribution is 2.36. The third-order valence-electron chi connectivity index (χ3n) is 4.19. The van der Waals surface area contributed by atoms with E-state index < -0.39 is 5.60 Å². The number of hydrogen-bond donors (Lipinski definition) is 0. The Labute approximate surface area is 110 Å². The molecule has 18 heavy (non-hydrogen) atoms. The summed E-state index contributed by atoms with van der Waals surface area (Å²) in [5.74, 6) is 0.752. The van der Waals surface area contributed by atoms with Crippen molar-refractivity contribution < 1.29 is 4.74 Å². The first kappa shape index (κ1) is 13.1.